The van der Waals surface area contributed by atoms with Crippen LogP contribution in [0.1, 0.15) is 42.6 Å². The number of hydrogen-bond acceptors (Lipinski definition) is 8. The van der Waals surface area contributed by atoms with E-state index >= 15 is 0 Å². The molecule has 4 heterocycles. The second kappa shape index (κ2) is 9.16. The SMILES string of the molecule is COc1nc2c(C)nnc(N[C@H](C)c3cccc(C(F)(F)CO)c3)c2cc1N1C2CCC1COC2. The molecule has 8 nitrogen and oxygen atoms in total. The molecule has 35 heavy (non-hydrogen) atoms. The molecule has 2 aliphatic heterocycles. The van der Waals surface area contributed by atoms with E-state index in [0.717, 1.165) is 23.9 Å². The fourth-order valence-corrected chi connectivity index (χ4v) is 5.05. The van der Waals surface area contributed by atoms with E-state index in [9.17, 15) is 8.78 Å². The molecule has 2 aliphatic rings. The van der Waals surface area contributed by atoms with Crippen LogP contribution in [0.2, 0.25) is 0 Å². The number of rotatable bonds is 7. The van der Waals surface area contributed by atoms with Crippen molar-refractivity contribution in [3.8, 4) is 5.88 Å². The number of ether oxygens (including phenoxy) is 2. The van der Waals surface area contributed by atoms with Gasteiger partial charge in [0.25, 0.3) is 5.92 Å². The third kappa shape index (κ3) is 4.25. The van der Waals surface area contributed by atoms with E-state index in [2.05, 4.69) is 20.4 Å². The lowest BCUT2D eigenvalue weighted by Gasteiger charge is -2.37. The standard InChI is InChI=1S/C25H29F2N5O3/c1-14(16-5-4-6-17(9-16)25(26,27)13-33)28-23-20-10-21(32-18-7-8-19(32)12-35-11-18)24(34-3)29-22(20)15(2)30-31-23/h4-6,9-10,14,18-19,33H,7-8,11-13H2,1-3H3,(H,28,31)/t14-,18?,19?/m1/s1. The first kappa shape index (κ1) is 23.6. The zero-order valence-electron chi connectivity index (χ0n) is 20.0. The summed E-state index contributed by atoms with van der Waals surface area (Å²) in [6.45, 7) is 3.80. The number of nitrogens with zero attached hydrogens (tertiary/aromatic N) is 4. The normalized spacial score (nSPS) is 20.8. The first-order valence-corrected chi connectivity index (χ1v) is 11.8. The van der Waals surface area contributed by atoms with Crippen LogP contribution in [0, 0.1) is 6.92 Å². The number of anilines is 2. The predicted molar refractivity (Wildman–Crippen MR) is 128 cm³/mol. The van der Waals surface area contributed by atoms with Gasteiger partial charge in [-0.1, -0.05) is 18.2 Å². The number of aromatic nitrogens is 3. The Balaban J connectivity index is 1.54. The van der Waals surface area contributed by atoms with Crippen molar-refractivity contribution >= 4 is 22.4 Å². The molecule has 10 heteroatoms. The lowest BCUT2D eigenvalue weighted by molar-refractivity contribution is -0.0556. The van der Waals surface area contributed by atoms with E-state index in [0.29, 0.717) is 41.7 Å². The van der Waals surface area contributed by atoms with Gasteiger partial charge >= 0.3 is 0 Å². The lowest BCUT2D eigenvalue weighted by atomic mass is 10.0. The summed E-state index contributed by atoms with van der Waals surface area (Å²) >= 11 is 0. The predicted octanol–water partition coefficient (Wildman–Crippen LogP) is 3.97. The highest BCUT2D eigenvalue weighted by Gasteiger charge is 2.39. The molecule has 1 aromatic carbocycles. The van der Waals surface area contributed by atoms with Crippen LogP contribution in [0.25, 0.3) is 10.9 Å². The molecule has 0 amide bonds. The van der Waals surface area contributed by atoms with Gasteiger partial charge in [-0.05, 0) is 44.4 Å². The number of benzene rings is 1. The third-order valence-corrected chi connectivity index (χ3v) is 6.94. The van der Waals surface area contributed by atoms with E-state index in [1.807, 2.05) is 19.9 Å². The monoisotopic (exact) mass is 485 g/mol. The Bertz CT molecular complexity index is 1230. The highest BCUT2D eigenvalue weighted by molar-refractivity contribution is 5.94. The van der Waals surface area contributed by atoms with Crippen LogP contribution in [-0.2, 0) is 10.7 Å². The van der Waals surface area contributed by atoms with Gasteiger partial charge in [0, 0.05) is 10.9 Å². The number of morpholine rings is 1. The Morgan fingerprint density at radius 1 is 1.23 bits per heavy atom. The summed E-state index contributed by atoms with van der Waals surface area (Å²) in [6.07, 6.45) is 2.10. The van der Waals surface area contributed by atoms with Crippen LogP contribution in [-0.4, -0.2) is 59.3 Å². The number of methoxy groups -OCH3 is 1. The molecule has 2 saturated heterocycles. The Morgan fingerprint density at radius 3 is 2.66 bits per heavy atom. The number of alkyl halides is 2. The molecule has 2 aromatic heterocycles. The Hall–Kier alpha value is -3.11. The first-order valence-electron chi connectivity index (χ1n) is 11.8. The van der Waals surface area contributed by atoms with Crippen molar-refractivity contribution in [2.45, 2.75) is 50.7 Å². The van der Waals surface area contributed by atoms with Gasteiger partial charge in [0.15, 0.2) is 5.82 Å². The summed E-state index contributed by atoms with van der Waals surface area (Å²) in [7, 11) is 1.61. The average molecular weight is 486 g/mol. The summed E-state index contributed by atoms with van der Waals surface area (Å²) in [5.41, 5.74) is 2.62. The highest BCUT2D eigenvalue weighted by atomic mass is 19.3. The van der Waals surface area contributed by atoms with E-state index in [4.69, 9.17) is 19.6 Å². The number of aliphatic hydroxyl groups is 1. The number of halogens is 2. The van der Waals surface area contributed by atoms with Crippen molar-refractivity contribution in [2.75, 3.05) is 37.1 Å². The van der Waals surface area contributed by atoms with E-state index in [-0.39, 0.29) is 23.7 Å². The van der Waals surface area contributed by atoms with Crippen LogP contribution >= 0.6 is 0 Å². The Morgan fingerprint density at radius 2 is 1.97 bits per heavy atom. The fourth-order valence-electron chi connectivity index (χ4n) is 5.05. The van der Waals surface area contributed by atoms with E-state index < -0.39 is 12.5 Å². The summed E-state index contributed by atoms with van der Waals surface area (Å²) in [4.78, 5) is 7.13. The van der Waals surface area contributed by atoms with Crippen molar-refractivity contribution < 1.29 is 23.4 Å². The van der Waals surface area contributed by atoms with Crippen LogP contribution < -0.4 is 15.0 Å². The Labute approximate surface area is 202 Å². The molecular weight excluding hydrogens is 456 g/mol. The second-order valence-electron chi connectivity index (χ2n) is 9.23. The van der Waals surface area contributed by atoms with Gasteiger partial charge in [-0.2, -0.15) is 13.9 Å². The third-order valence-electron chi connectivity index (χ3n) is 6.94. The maximum Gasteiger partial charge on any atom is 0.295 e. The number of aliphatic hydroxyl groups excluding tert-OH is 1. The molecule has 0 radical (unpaired) electrons. The largest absolute Gasteiger partial charge is 0.480 e. The molecule has 2 unspecified atom stereocenters. The summed E-state index contributed by atoms with van der Waals surface area (Å²) in [5.74, 6) is -2.27. The van der Waals surface area contributed by atoms with Crippen molar-refractivity contribution in [1.82, 2.24) is 15.2 Å². The van der Waals surface area contributed by atoms with Gasteiger partial charge in [0.1, 0.15) is 17.8 Å². The van der Waals surface area contributed by atoms with E-state index in [1.165, 1.54) is 12.1 Å². The molecule has 3 aromatic rings. The van der Waals surface area contributed by atoms with Crippen LogP contribution in [0.4, 0.5) is 20.3 Å². The van der Waals surface area contributed by atoms with E-state index in [1.54, 1.807) is 19.2 Å². The molecule has 2 fully saturated rings. The zero-order chi connectivity index (χ0) is 24.7. The first-order chi connectivity index (χ1) is 16.8. The molecule has 2 N–H and O–H groups in total. The second-order valence-corrected chi connectivity index (χ2v) is 9.23. The lowest BCUT2D eigenvalue weighted by Crippen LogP contribution is -2.46. The maximum absolute atomic E-state index is 14.0. The minimum absolute atomic E-state index is 0.234. The van der Waals surface area contributed by atoms with Gasteiger partial charge in [-0.25, -0.2) is 4.98 Å². The van der Waals surface area contributed by atoms with Crippen LogP contribution in [0.5, 0.6) is 5.88 Å². The number of pyridine rings is 1. The van der Waals surface area contributed by atoms with Gasteiger partial charge in [-0.15, -0.1) is 5.10 Å². The highest BCUT2D eigenvalue weighted by Crippen LogP contribution is 2.41. The average Bonchev–Trinajstić information content (AvgIpc) is 3.12. The molecule has 0 spiro atoms. The summed E-state index contributed by atoms with van der Waals surface area (Å²) < 4.78 is 39.5. The molecule has 186 valence electrons. The Kier molecular flexibility index (Phi) is 6.18. The summed E-state index contributed by atoms with van der Waals surface area (Å²) in [5, 5.41) is 21.8. The van der Waals surface area contributed by atoms with Gasteiger partial charge in [-0.3, -0.25) is 0 Å². The van der Waals surface area contributed by atoms with Crippen molar-refractivity contribution in [2.24, 2.45) is 0 Å². The molecule has 0 saturated carbocycles. The smallest absolute Gasteiger partial charge is 0.295 e. The van der Waals surface area contributed by atoms with Gasteiger partial charge in [0.05, 0.1) is 44.1 Å². The minimum atomic E-state index is -3.31. The number of nitrogens with one attached hydrogen (secondary N) is 1. The van der Waals surface area contributed by atoms with Gasteiger partial charge < -0.3 is 24.8 Å². The summed E-state index contributed by atoms with van der Waals surface area (Å²) in [6, 6.07) is 8.25. The van der Waals surface area contributed by atoms with Crippen LogP contribution in [0.3, 0.4) is 0 Å². The van der Waals surface area contributed by atoms with Gasteiger partial charge in [0.2, 0.25) is 5.88 Å². The number of fused-ring (bicyclic) bond motifs is 3. The quantitative estimate of drug-likeness (QED) is 0.520. The number of hydrogen-bond donors (Lipinski definition) is 2. The molecule has 5 rings (SSSR count). The fraction of sp³-hybridized carbons (Fsp3) is 0.480. The van der Waals surface area contributed by atoms with Crippen molar-refractivity contribution in [3.63, 3.8) is 0 Å². The topological polar surface area (TPSA) is 92.6 Å². The van der Waals surface area contributed by atoms with Crippen LogP contribution in [0.15, 0.2) is 30.3 Å². The number of aryl methyl sites for hydroxylation is 1. The van der Waals surface area contributed by atoms with Crippen molar-refractivity contribution in [1.29, 1.82) is 0 Å². The maximum atomic E-state index is 14.0. The minimum Gasteiger partial charge on any atom is -0.480 e. The van der Waals surface area contributed by atoms with Crippen molar-refractivity contribution in [3.05, 3.63) is 47.2 Å². The molecular formula is C25H29F2N5O3. The zero-order valence-corrected chi connectivity index (χ0v) is 20.0. The molecule has 2 bridgehead atoms. The molecule has 0 aliphatic carbocycles. The molecule has 3 atom stereocenters.